The van der Waals surface area contributed by atoms with Crippen LogP contribution in [0.3, 0.4) is 0 Å². The Morgan fingerprint density at radius 3 is 2.74 bits per heavy atom. The number of nitrogens with zero attached hydrogens (tertiary/aromatic N) is 6. The number of hydrogen-bond acceptors (Lipinski definition) is 7. The van der Waals surface area contributed by atoms with Crippen LogP contribution in [0.1, 0.15) is 5.69 Å². The summed E-state index contributed by atoms with van der Waals surface area (Å²) in [5.74, 6) is 1.01. The predicted molar refractivity (Wildman–Crippen MR) is 100 cm³/mol. The zero-order valence-corrected chi connectivity index (χ0v) is 15.3. The number of methoxy groups -OCH3 is 1. The van der Waals surface area contributed by atoms with Crippen molar-refractivity contribution in [2.24, 2.45) is 14.1 Å². The molecule has 138 valence electrons. The van der Waals surface area contributed by atoms with Crippen LogP contribution in [0, 0.1) is 6.92 Å². The first-order valence-electron chi connectivity index (χ1n) is 8.22. The van der Waals surface area contributed by atoms with E-state index in [1.807, 2.05) is 31.2 Å². The number of H-pyrrole nitrogens is 1. The fourth-order valence-electron chi connectivity index (χ4n) is 3.01. The smallest absolute Gasteiger partial charge is 0.277 e. The fourth-order valence-corrected chi connectivity index (χ4v) is 3.01. The summed E-state index contributed by atoms with van der Waals surface area (Å²) in [6.45, 7) is 1.87. The first-order chi connectivity index (χ1) is 13.0. The molecule has 0 spiro atoms. The Morgan fingerprint density at radius 1 is 1.22 bits per heavy atom. The van der Waals surface area contributed by atoms with Crippen molar-refractivity contribution < 1.29 is 4.74 Å². The third kappa shape index (κ3) is 2.80. The third-order valence-corrected chi connectivity index (χ3v) is 4.18. The molecule has 0 saturated heterocycles. The van der Waals surface area contributed by atoms with Crippen molar-refractivity contribution in [1.82, 2.24) is 35.0 Å². The van der Waals surface area contributed by atoms with E-state index in [0.717, 1.165) is 5.69 Å². The number of aryl methyl sites for hydroxylation is 3. The summed E-state index contributed by atoms with van der Waals surface area (Å²) in [4.78, 5) is 18.3. The van der Waals surface area contributed by atoms with Crippen molar-refractivity contribution >= 4 is 22.4 Å². The molecule has 0 atom stereocenters. The molecule has 0 amide bonds. The van der Waals surface area contributed by atoms with Crippen LogP contribution in [0.25, 0.3) is 22.4 Å². The van der Waals surface area contributed by atoms with Crippen LogP contribution in [-0.2, 0) is 14.1 Å². The van der Waals surface area contributed by atoms with Gasteiger partial charge in [0.1, 0.15) is 5.39 Å². The highest BCUT2D eigenvalue weighted by Gasteiger charge is 2.17. The zero-order valence-electron chi connectivity index (χ0n) is 15.3. The molecule has 3 aromatic heterocycles. The van der Waals surface area contributed by atoms with E-state index in [0.29, 0.717) is 39.5 Å². The van der Waals surface area contributed by atoms with Gasteiger partial charge in [0.25, 0.3) is 5.56 Å². The van der Waals surface area contributed by atoms with Gasteiger partial charge in [-0.2, -0.15) is 4.80 Å². The minimum Gasteiger partial charge on any atom is -0.494 e. The predicted octanol–water partition coefficient (Wildman–Crippen LogP) is 1.51. The molecule has 0 bridgehead atoms. The molecule has 0 saturated carbocycles. The lowest BCUT2D eigenvalue weighted by Gasteiger charge is -2.14. The van der Waals surface area contributed by atoms with E-state index in [-0.39, 0.29) is 5.56 Å². The number of aromatic amines is 1. The van der Waals surface area contributed by atoms with Crippen LogP contribution in [0.5, 0.6) is 5.75 Å². The SMILES string of the molecule is COc1c(Nc2cc(C)nc3[nH]n(C)c(=O)c23)cccc1-c1nnn(C)n1. The molecular weight excluding hydrogens is 348 g/mol. The molecule has 0 aliphatic rings. The molecule has 0 unspecified atom stereocenters. The number of fused-ring (bicyclic) bond motifs is 1. The Morgan fingerprint density at radius 2 is 2.04 bits per heavy atom. The molecule has 2 N–H and O–H groups in total. The maximum Gasteiger partial charge on any atom is 0.277 e. The van der Waals surface area contributed by atoms with Crippen LogP contribution < -0.4 is 15.6 Å². The highest BCUT2D eigenvalue weighted by Crippen LogP contribution is 2.37. The number of anilines is 2. The van der Waals surface area contributed by atoms with Gasteiger partial charge in [-0.1, -0.05) is 6.07 Å². The normalized spacial score (nSPS) is 11.1. The van der Waals surface area contributed by atoms with E-state index >= 15 is 0 Å². The fraction of sp³-hybridized carbons (Fsp3) is 0.235. The number of aromatic nitrogens is 7. The molecule has 27 heavy (non-hydrogen) atoms. The van der Waals surface area contributed by atoms with E-state index < -0.39 is 0 Å². The lowest BCUT2D eigenvalue weighted by atomic mass is 10.1. The molecule has 4 aromatic rings. The van der Waals surface area contributed by atoms with Gasteiger partial charge in [-0.25, -0.2) is 4.98 Å². The molecule has 1 aromatic carbocycles. The van der Waals surface area contributed by atoms with Gasteiger partial charge in [0, 0.05) is 12.7 Å². The Labute approximate surface area is 153 Å². The number of pyridine rings is 1. The number of rotatable bonds is 4. The van der Waals surface area contributed by atoms with Crippen molar-refractivity contribution in [1.29, 1.82) is 0 Å². The van der Waals surface area contributed by atoms with Crippen molar-refractivity contribution in [3.8, 4) is 17.1 Å². The molecular formula is C17H18N8O2. The Bertz CT molecular complexity index is 1200. The number of ether oxygens (including phenoxy) is 1. The van der Waals surface area contributed by atoms with Gasteiger partial charge in [0.05, 0.1) is 31.1 Å². The highest BCUT2D eigenvalue weighted by atomic mass is 16.5. The lowest BCUT2D eigenvalue weighted by Crippen LogP contribution is -2.12. The van der Waals surface area contributed by atoms with Crippen LogP contribution in [0.15, 0.2) is 29.1 Å². The van der Waals surface area contributed by atoms with Crippen molar-refractivity contribution in [3.05, 3.63) is 40.3 Å². The van der Waals surface area contributed by atoms with Crippen LogP contribution >= 0.6 is 0 Å². The third-order valence-electron chi connectivity index (χ3n) is 4.18. The van der Waals surface area contributed by atoms with Crippen molar-refractivity contribution in [3.63, 3.8) is 0 Å². The number of nitrogens with one attached hydrogen (secondary N) is 2. The zero-order chi connectivity index (χ0) is 19.1. The van der Waals surface area contributed by atoms with Gasteiger partial charge in [-0.15, -0.1) is 10.2 Å². The maximum atomic E-state index is 12.5. The summed E-state index contributed by atoms with van der Waals surface area (Å²) in [7, 11) is 4.93. The first-order valence-corrected chi connectivity index (χ1v) is 8.22. The summed E-state index contributed by atoms with van der Waals surface area (Å²) in [5, 5.41) is 18.9. The summed E-state index contributed by atoms with van der Waals surface area (Å²) >= 11 is 0. The molecule has 3 heterocycles. The Kier molecular flexibility index (Phi) is 3.87. The molecule has 10 nitrogen and oxygen atoms in total. The van der Waals surface area contributed by atoms with Gasteiger partial charge in [-0.3, -0.25) is 14.6 Å². The van der Waals surface area contributed by atoms with Crippen LogP contribution in [0.2, 0.25) is 0 Å². The monoisotopic (exact) mass is 366 g/mol. The summed E-state index contributed by atoms with van der Waals surface area (Å²) in [6, 6.07) is 7.39. The summed E-state index contributed by atoms with van der Waals surface area (Å²) in [6.07, 6.45) is 0. The van der Waals surface area contributed by atoms with E-state index in [9.17, 15) is 4.79 Å². The van der Waals surface area contributed by atoms with Crippen LogP contribution in [-0.4, -0.2) is 42.1 Å². The van der Waals surface area contributed by atoms with Crippen molar-refractivity contribution in [2.75, 3.05) is 12.4 Å². The van der Waals surface area contributed by atoms with Crippen molar-refractivity contribution in [2.45, 2.75) is 6.92 Å². The molecule has 10 heteroatoms. The average Bonchev–Trinajstić information content (AvgIpc) is 3.18. The van der Waals surface area contributed by atoms with E-state index in [1.165, 1.54) is 9.48 Å². The lowest BCUT2D eigenvalue weighted by molar-refractivity contribution is 0.418. The molecule has 0 fully saturated rings. The van der Waals surface area contributed by atoms with E-state index in [1.54, 1.807) is 21.2 Å². The quantitative estimate of drug-likeness (QED) is 0.562. The molecule has 0 radical (unpaired) electrons. The van der Waals surface area contributed by atoms with Gasteiger partial charge < -0.3 is 10.1 Å². The minimum atomic E-state index is -0.161. The largest absolute Gasteiger partial charge is 0.494 e. The molecule has 0 aliphatic carbocycles. The first kappa shape index (κ1) is 16.8. The van der Waals surface area contributed by atoms with E-state index in [2.05, 4.69) is 30.8 Å². The average molecular weight is 366 g/mol. The Balaban J connectivity index is 1.87. The number of benzene rings is 1. The highest BCUT2D eigenvalue weighted by molar-refractivity contribution is 5.92. The van der Waals surface area contributed by atoms with Gasteiger partial charge in [0.2, 0.25) is 5.82 Å². The topological polar surface area (TPSA) is 116 Å². The van der Waals surface area contributed by atoms with Gasteiger partial charge in [-0.05, 0) is 30.3 Å². The van der Waals surface area contributed by atoms with Gasteiger partial charge in [0.15, 0.2) is 11.4 Å². The second-order valence-electron chi connectivity index (χ2n) is 6.12. The van der Waals surface area contributed by atoms with Crippen LogP contribution in [0.4, 0.5) is 11.4 Å². The molecule has 0 aliphatic heterocycles. The number of para-hydroxylation sites is 1. The minimum absolute atomic E-state index is 0.161. The summed E-state index contributed by atoms with van der Waals surface area (Å²) in [5.41, 5.74) is 3.15. The van der Waals surface area contributed by atoms with Gasteiger partial charge >= 0.3 is 0 Å². The second kappa shape index (κ2) is 6.24. The maximum absolute atomic E-state index is 12.5. The second-order valence-corrected chi connectivity index (χ2v) is 6.12. The van der Waals surface area contributed by atoms with E-state index in [4.69, 9.17) is 4.74 Å². The number of hydrogen-bond donors (Lipinski definition) is 2. The summed E-state index contributed by atoms with van der Waals surface area (Å²) < 4.78 is 7.01. The standard InChI is InChI=1S/C17H18N8O2/c1-9-8-12(13-16(18-9)21-24(2)17(13)26)19-11-7-5-6-10(14(11)27-4)15-20-23-25(3)22-15/h5-8H,1-4H3,(H2,18,19,21). The molecule has 4 rings (SSSR count). The number of tetrazole rings is 1. The Hall–Kier alpha value is -3.69.